The fourth-order valence-corrected chi connectivity index (χ4v) is 2.81. The number of rotatable bonds is 6. The Morgan fingerprint density at radius 1 is 1.15 bits per heavy atom. The fourth-order valence-electron chi connectivity index (χ4n) is 2.81. The van der Waals surface area contributed by atoms with Crippen LogP contribution in [-0.4, -0.2) is 12.1 Å². The third-order valence-electron chi connectivity index (χ3n) is 4.82. The van der Waals surface area contributed by atoms with Crippen molar-refractivity contribution in [2.24, 2.45) is 17.8 Å². The molecule has 1 atom stereocenters. The third kappa shape index (κ3) is 7.91. The highest BCUT2D eigenvalue weighted by atomic mass is 16.5. The summed E-state index contributed by atoms with van der Waals surface area (Å²) in [7, 11) is 0. The molecule has 120 valence electrons. The largest absolute Gasteiger partial charge is 0.462 e. The van der Waals surface area contributed by atoms with Gasteiger partial charge < -0.3 is 4.74 Å². The molecule has 0 aliphatic heterocycles. The van der Waals surface area contributed by atoms with Crippen LogP contribution in [0.5, 0.6) is 0 Å². The van der Waals surface area contributed by atoms with E-state index in [0.717, 1.165) is 11.8 Å². The Morgan fingerprint density at radius 2 is 1.70 bits per heavy atom. The van der Waals surface area contributed by atoms with Gasteiger partial charge in [0, 0.05) is 0 Å². The molecular weight excluding hydrogens is 248 g/mol. The minimum Gasteiger partial charge on any atom is -0.462 e. The van der Waals surface area contributed by atoms with E-state index in [1.54, 1.807) is 0 Å². The van der Waals surface area contributed by atoms with Crippen LogP contribution in [0.3, 0.4) is 0 Å². The van der Waals surface area contributed by atoms with E-state index in [1.807, 2.05) is 13.8 Å². The first-order valence-electron chi connectivity index (χ1n) is 8.46. The Bertz CT molecular complexity index is 240. The zero-order chi connectivity index (χ0) is 15.6. The molecular formula is C18H36O2. The molecule has 0 aromatic carbocycles. The Hall–Kier alpha value is -0.530. The molecule has 2 heteroatoms. The zero-order valence-corrected chi connectivity index (χ0v) is 14.6. The highest BCUT2D eigenvalue weighted by Crippen LogP contribution is 2.34. The predicted molar refractivity (Wildman–Crippen MR) is 86.7 cm³/mol. The first-order chi connectivity index (χ1) is 9.35. The maximum atomic E-state index is 10.2. The van der Waals surface area contributed by atoms with Crippen molar-refractivity contribution >= 4 is 6.47 Å². The van der Waals surface area contributed by atoms with Crippen molar-refractivity contribution in [2.75, 3.05) is 0 Å². The second-order valence-corrected chi connectivity index (χ2v) is 7.16. The van der Waals surface area contributed by atoms with Crippen molar-refractivity contribution in [3.63, 3.8) is 0 Å². The van der Waals surface area contributed by atoms with E-state index >= 15 is 0 Å². The molecule has 0 spiro atoms. The molecule has 0 bridgehead atoms. The quantitative estimate of drug-likeness (QED) is 0.594. The number of carbonyl (C=O) groups excluding carboxylic acids is 1. The maximum absolute atomic E-state index is 10.2. The summed E-state index contributed by atoms with van der Waals surface area (Å²) in [6.45, 7) is 13.8. The lowest BCUT2D eigenvalue weighted by molar-refractivity contribution is -0.146. The maximum Gasteiger partial charge on any atom is 0.293 e. The van der Waals surface area contributed by atoms with Crippen molar-refractivity contribution in [1.29, 1.82) is 0 Å². The van der Waals surface area contributed by atoms with Crippen molar-refractivity contribution in [3.05, 3.63) is 0 Å². The Balaban J connectivity index is 0.000000396. The molecule has 0 N–H and O–H groups in total. The lowest BCUT2D eigenvalue weighted by Crippen LogP contribution is -2.35. The number of hydrogen-bond donors (Lipinski definition) is 0. The summed E-state index contributed by atoms with van der Waals surface area (Å²) in [5.74, 6) is 2.35. The second kappa shape index (κ2) is 10.2. The fraction of sp³-hybridized carbons (Fsp3) is 0.944. The van der Waals surface area contributed by atoms with Crippen LogP contribution < -0.4 is 0 Å². The molecule has 1 saturated carbocycles. The van der Waals surface area contributed by atoms with Gasteiger partial charge in [0.1, 0.15) is 5.60 Å². The molecule has 0 aromatic heterocycles. The SMILES string of the molecule is CC(C)(OC=O)C1CCCCC1.CCCC(C)C(C)C. The first kappa shape index (κ1) is 19.5. The van der Waals surface area contributed by atoms with Crippen LogP contribution in [-0.2, 0) is 9.53 Å². The van der Waals surface area contributed by atoms with Crippen LogP contribution in [0.2, 0.25) is 0 Å². The molecule has 1 unspecified atom stereocenters. The van der Waals surface area contributed by atoms with E-state index in [-0.39, 0.29) is 5.60 Å². The standard InChI is InChI=1S/C10H18O2.C8H18/c1-10(2,12-8-11)9-6-4-3-5-7-9;1-5-6-8(4)7(2)3/h8-9H,3-7H2,1-2H3;7-8H,5-6H2,1-4H3. The van der Waals surface area contributed by atoms with Gasteiger partial charge in [-0.05, 0) is 44.4 Å². The topological polar surface area (TPSA) is 26.3 Å². The smallest absolute Gasteiger partial charge is 0.293 e. The molecule has 0 heterocycles. The first-order valence-corrected chi connectivity index (χ1v) is 8.46. The summed E-state index contributed by atoms with van der Waals surface area (Å²) < 4.78 is 5.09. The van der Waals surface area contributed by atoms with E-state index in [1.165, 1.54) is 44.9 Å². The zero-order valence-electron chi connectivity index (χ0n) is 14.6. The molecule has 20 heavy (non-hydrogen) atoms. The summed E-state index contributed by atoms with van der Waals surface area (Å²) in [5.41, 5.74) is -0.248. The predicted octanol–water partition coefficient (Wildman–Crippen LogP) is 5.60. The average molecular weight is 284 g/mol. The van der Waals surface area contributed by atoms with Gasteiger partial charge in [0.25, 0.3) is 6.47 Å². The van der Waals surface area contributed by atoms with Crippen molar-refractivity contribution < 1.29 is 9.53 Å². The third-order valence-corrected chi connectivity index (χ3v) is 4.82. The lowest BCUT2D eigenvalue weighted by Gasteiger charge is -2.35. The number of hydrogen-bond acceptors (Lipinski definition) is 2. The number of carbonyl (C=O) groups is 1. The molecule has 1 aliphatic rings. The van der Waals surface area contributed by atoms with E-state index in [4.69, 9.17) is 4.74 Å². The summed E-state index contributed by atoms with van der Waals surface area (Å²) in [5, 5.41) is 0. The van der Waals surface area contributed by atoms with Crippen LogP contribution in [0.25, 0.3) is 0 Å². The summed E-state index contributed by atoms with van der Waals surface area (Å²) in [4.78, 5) is 10.2. The van der Waals surface area contributed by atoms with Crippen molar-refractivity contribution in [3.8, 4) is 0 Å². The Labute approximate surface area is 126 Å². The molecule has 0 amide bonds. The Kier molecular flexibility index (Phi) is 9.96. The molecule has 0 saturated heterocycles. The van der Waals surface area contributed by atoms with E-state index in [0.29, 0.717) is 12.4 Å². The van der Waals surface area contributed by atoms with Crippen LogP contribution in [0.15, 0.2) is 0 Å². The van der Waals surface area contributed by atoms with Crippen LogP contribution in [0, 0.1) is 17.8 Å². The average Bonchev–Trinajstić information content (AvgIpc) is 2.40. The summed E-state index contributed by atoms with van der Waals surface area (Å²) in [6, 6.07) is 0. The molecule has 0 radical (unpaired) electrons. The van der Waals surface area contributed by atoms with Crippen LogP contribution in [0.1, 0.15) is 86.5 Å². The van der Waals surface area contributed by atoms with Gasteiger partial charge in [-0.25, -0.2) is 0 Å². The normalized spacial score (nSPS) is 18.1. The van der Waals surface area contributed by atoms with Gasteiger partial charge in [0.2, 0.25) is 0 Å². The highest BCUT2D eigenvalue weighted by Gasteiger charge is 2.31. The Morgan fingerprint density at radius 3 is 2.05 bits per heavy atom. The van der Waals surface area contributed by atoms with Crippen LogP contribution in [0.4, 0.5) is 0 Å². The van der Waals surface area contributed by atoms with Gasteiger partial charge in [0.05, 0.1) is 0 Å². The van der Waals surface area contributed by atoms with Gasteiger partial charge in [-0.3, -0.25) is 4.79 Å². The summed E-state index contributed by atoms with van der Waals surface area (Å²) >= 11 is 0. The molecule has 1 fully saturated rings. The number of ether oxygens (including phenoxy) is 1. The summed E-state index contributed by atoms with van der Waals surface area (Å²) in [6.07, 6.45) is 9.05. The molecule has 1 aliphatic carbocycles. The van der Waals surface area contributed by atoms with Crippen molar-refractivity contribution in [1.82, 2.24) is 0 Å². The minimum atomic E-state index is -0.248. The van der Waals surface area contributed by atoms with Gasteiger partial charge in [-0.15, -0.1) is 0 Å². The van der Waals surface area contributed by atoms with Crippen molar-refractivity contribution in [2.45, 2.75) is 92.1 Å². The van der Waals surface area contributed by atoms with E-state index in [9.17, 15) is 4.79 Å². The van der Waals surface area contributed by atoms with Gasteiger partial charge >= 0.3 is 0 Å². The van der Waals surface area contributed by atoms with Gasteiger partial charge in [-0.2, -0.15) is 0 Å². The minimum absolute atomic E-state index is 0.248. The molecule has 2 nitrogen and oxygen atoms in total. The monoisotopic (exact) mass is 284 g/mol. The van der Waals surface area contributed by atoms with E-state index in [2.05, 4.69) is 27.7 Å². The highest BCUT2D eigenvalue weighted by molar-refractivity contribution is 5.38. The second-order valence-electron chi connectivity index (χ2n) is 7.16. The van der Waals surface area contributed by atoms with Gasteiger partial charge in [0.15, 0.2) is 0 Å². The molecule has 1 rings (SSSR count). The van der Waals surface area contributed by atoms with Gasteiger partial charge in [-0.1, -0.05) is 59.8 Å². The molecule has 0 aromatic rings. The lowest BCUT2D eigenvalue weighted by atomic mass is 9.79. The van der Waals surface area contributed by atoms with E-state index < -0.39 is 0 Å². The van der Waals surface area contributed by atoms with Crippen LogP contribution >= 0.6 is 0 Å².